The van der Waals surface area contributed by atoms with E-state index in [1.54, 1.807) is 0 Å². The molecular formula is C12H13BrO2. The van der Waals surface area contributed by atoms with Crippen LogP contribution in [0.25, 0.3) is 0 Å². The lowest BCUT2D eigenvalue weighted by molar-refractivity contribution is -0.141. The highest BCUT2D eigenvalue weighted by Gasteiger charge is 2.38. The van der Waals surface area contributed by atoms with Crippen molar-refractivity contribution in [3.05, 3.63) is 35.9 Å². The van der Waals surface area contributed by atoms with Gasteiger partial charge in [0.1, 0.15) is 6.10 Å². The molecule has 2 nitrogen and oxygen atoms in total. The molecule has 15 heavy (non-hydrogen) atoms. The fourth-order valence-corrected chi connectivity index (χ4v) is 2.48. The van der Waals surface area contributed by atoms with E-state index in [4.69, 9.17) is 4.74 Å². The Morgan fingerprint density at radius 2 is 2.07 bits per heavy atom. The molecule has 1 aliphatic rings. The molecule has 80 valence electrons. The van der Waals surface area contributed by atoms with Gasteiger partial charge in [-0.3, -0.25) is 4.79 Å². The Hall–Kier alpha value is -0.830. The Bertz CT molecular complexity index is 348. The Labute approximate surface area is 97.8 Å². The third-order valence-corrected chi connectivity index (χ3v) is 3.25. The summed E-state index contributed by atoms with van der Waals surface area (Å²) in [5, 5.41) is 0. The van der Waals surface area contributed by atoms with Crippen molar-refractivity contribution in [3.63, 3.8) is 0 Å². The molecule has 3 heteroatoms. The normalized spacial score (nSPS) is 27.5. The van der Waals surface area contributed by atoms with Crippen molar-refractivity contribution < 1.29 is 9.53 Å². The van der Waals surface area contributed by atoms with E-state index in [-0.39, 0.29) is 22.8 Å². The van der Waals surface area contributed by atoms with Crippen LogP contribution in [0.3, 0.4) is 0 Å². The molecule has 0 spiro atoms. The number of alkyl halides is 1. The number of benzene rings is 1. The monoisotopic (exact) mass is 268 g/mol. The molecule has 1 aromatic carbocycles. The average molecular weight is 269 g/mol. The van der Waals surface area contributed by atoms with Crippen molar-refractivity contribution in [2.75, 3.05) is 0 Å². The summed E-state index contributed by atoms with van der Waals surface area (Å²) in [6.45, 7) is 2.01. The molecule has 0 amide bonds. The van der Waals surface area contributed by atoms with Gasteiger partial charge in [-0.25, -0.2) is 0 Å². The summed E-state index contributed by atoms with van der Waals surface area (Å²) in [5.74, 6) is 0.0910. The topological polar surface area (TPSA) is 26.3 Å². The largest absolute Gasteiger partial charge is 0.460 e. The zero-order valence-corrected chi connectivity index (χ0v) is 10.1. The van der Waals surface area contributed by atoms with Crippen LogP contribution in [0.2, 0.25) is 0 Å². The van der Waals surface area contributed by atoms with Crippen molar-refractivity contribution in [1.29, 1.82) is 0 Å². The smallest absolute Gasteiger partial charge is 0.306 e. The highest BCUT2D eigenvalue weighted by molar-refractivity contribution is 9.09. The van der Waals surface area contributed by atoms with Gasteiger partial charge < -0.3 is 4.74 Å². The summed E-state index contributed by atoms with van der Waals surface area (Å²) in [5.41, 5.74) is 1.18. The number of rotatable bonds is 2. The summed E-state index contributed by atoms with van der Waals surface area (Å²) < 4.78 is 5.30. The average Bonchev–Trinajstić information content (AvgIpc) is 2.62. The molecule has 1 unspecified atom stereocenters. The van der Waals surface area contributed by atoms with Crippen LogP contribution in [0.1, 0.15) is 24.8 Å². The Morgan fingerprint density at radius 3 is 2.67 bits per heavy atom. The summed E-state index contributed by atoms with van der Waals surface area (Å²) in [6, 6.07) is 10.1. The van der Waals surface area contributed by atoms with E-state index in [9.17, 15) is 4.79 Å². The first kappa shape index (κ1) is 10.7. The Balaban J connectivity index is 2.24. The first-order valence-corrected chi connectivity index (χ1v) is 5.98. The van der Waals surface area contributed by atoms with Crippen molar-refractivity contribution in [2.24, 2.45) is 0 Å². The quantitative estimate of drug-likeness (QED) is 0.609. The molecule has 0 bridgehead atoms. The third-order valence-electron chi connectivity index (χ3n) is 2.73. The van der Waals surface area contributed by atoms with E-state index in [1.807, 2.05) is 25.1 Å². The maximum Gasteiger partial charge on any atom is 0.306 e. The van der Waals surface area contributed by atoms with E-state index in [2.05, 4.69) is 28.1 Å². The fraction of sp³-hybridized carbons (Fsp3) is 0.417. The lowest BCUT2D eigenvalue weighted by Crippen LogP contribution is -2.23. The molecule has 1 heterocycles. The van der Waals surface area contributed by atoms with Gasteiger partial charge in [0.2, 0.25) is 0 Å². The number of carbonyl (C=O) groups excluding carboxylic acids is 1. The summed E-state index contributed by atoms with van der Waals surface area (Å²) in [6.07, 6.45) is 0.449. The molecule has 3 atom stereocenters. The van der Waals surface area contributed by atoms with Crippen LogP contribution < -0.4 is 0 Å². The molecule has 0 radical (unpaired) electrons. The van der Waals surface area contributed by atoms with Crippen molar-refractivity contribution in [2.45, 2.75) is 30.2 Å². The van der Waals surface area contributed by atoms with Crippen molar-refractivity contribution in [1.82, 2.24) is 0 Å². The summed E-state index contributed by atoms with van der Waals surface area (Å²) >= 11 is 3.49. The van der Waals surface area contributed by atoms with Crippen LogP contribution >= 0.6 is 15.9 Å². The number of esters is 1. The number of cyclic esters (lactones) is 1. The van der Waals surface area contributed by atoms with Gasteiger partial charge >= 0.3 is 5.97 Å². The number of halogens is 1. The summed E-state index contributed by atoms with van der Waals surface area (Å²) in [7, 11) is 0. The number of carbonyl (C=O) groups is 1. The number of hydrogen-bond acceptors (Lipinski definition) is 2. The lowest BCUT2D eigenvalue weighted by Gasteiger charge is -2.19. The molecule has 0 saturated carbocycles. The number of ether oxygens (including phenoxy) is 1. The van der Waals surface area contributed by atoms with Crippen molar-refractivity contribution in [3.8, 4) is 0 Å². The molecule has 2 rings (SSSR count). The van der Waals surface area contributed by atoms with E-state index in [0.717, 1.165) is 0 Å². The SMILES string of the molecule is CC(Br)[C@H]1OC(=O)C[C@H]1c1ccccc1. The third kappa shape index (κ3) is 2.23. The van der Waals surface area contributed by atoms with Crippen LogP contribution in [-0.4, -0.2) is 16.9 Å². The van der Waals surface area contributed by atoms with Crippen LogP contribution in [0.15, 0.2) is 30.3 Å². The van der Waals surface area contributed by atoms with Crippen LogP contribution in [0.4, 0.5) is 0 Å². The zero-order valence-electron chi connectivity index (χ0n) is 8.52. The van der Waals surface area contributed by atoms with Gasteiger partial charge in [-0.2, -0.15) is 0 Å². The molecular weight excluding hydrogens is 256 g/mol. The van der Waals surface area contributed by atoms with Crippen LogP contribution in [0, 0.1) is 0 Å². The van der Waals surface area contributed by atoms with Crippen LogP contribution in [-0.2, 0) is 9.53 Å². The van der Waals surface area contributed by atoms with Gasteiger partial charge in [0.25, 0.3) is 0 Å². The fourth-order valence-electron chi connectivity index (χ4n) is 2.00. The van der Waals surface area contributed by atoms with Crippen LogP contribution in [0.5, 0.6) is 0 Å². The second kappa shape index (κ2) is 4.35. The van der Waals surface area contributed by atoms with Gasteiger partial charge in [-0.1, -0.05) is 46.3 Å². The molecule has 0 aromatic heterocycles. The predicted molar refractivity (Wildman–Crippen MR) is 62.1 cm³/mol. The molecule has 1 aromatic rings. The molecule has 0 aliphatic carbocycles. The van der Waals surface area contributed by atoms with Gasteiger partial charge in [0, 0.05) is 10.7 Å². The second-order valence-corrected chi connectivity index (χ2v) is 5.30. The van der Waals surface area contributed by atoms with Crippen molar-refractivity contribution >= 4 is 21.9 Å². The molecule has 1 saturated heterocycles. The predicted octanol–water partition coefficient (Wildman–Crippen LogP) is 2.87. The van der Waals surface area contributed by atoms with E-state index in [1.165, 1.54) is 5.56 Å². The maximum absolute atomic E-state index is 11.3. The minimum Gasteiger partial charge on any atom is -0.460 e. The van der Waals surface area contributed by atoms with E-state index in [0.29, 0.717) is 6.42 Å². The zero-order chi connectivity index (χ0) is 10.8. The minimum absolute atomic E-state index is 0.0418. The lowest BCUT2D eigenvalue weighted by atomic mass is 9.91. The van der Waals surface area contributed by atoms with Gasteiger partial charge in [0.05, 0.1) is 6.42 Å². The second-order valence-electron chi connectivity index (χ2n) is 3.85. The first-order chi connectivity index (χ1) is 7.18. The Morgan fingerprint density at radius 1 is 1.40 bits per heavy atom. The molecule has 0 N–H and O–H groups in total. The highest BCUT2D eigenvalue weighted by atomic mass is 79.9. The highest BCUT2D eigenvalue weighted by Crippen LogP contribution is 2.35. The van der Waals surface area contributed by atoms with Gasteiger partial charge in [-0.15, -0.1) is 0 Å². The first-order valence-electron chi connectivity index (χ1n) is 5.07. The standard InChI is InChI=1S/C12H13BrO2/c1-8(13)12-10(7-11(14)15-12)9-5-3-2-4-6-9/h2-6,8,10,12H,7H2,1H3/t8?,10-,12+/m0/s1. The van der Waals surface area contributed by atoms with E-state index >= 15 is 0 Å². The van der Waals surface area contributed by atoms with E-state index < -0.39 is 0 Å². The molecule has 1 aliphatic heterocycles. The minimum atomic E-state index is -0.0971. The maximum atomic E-state index is 11.3. The summed E-state index contributed by atoms with van der Waals surface area (Å²) in [4.78, 5) is 11.5. The van der Waals surface area contributed by atoms with Gasteiger partial charge in [0.15, 0.2) is 0 Å². The Kier molecular flexibility index (Phi) is 3.10. The molecule has 1 fully saturated rings. The number of hydrogen-bond donors (Lipinski definition) is 0. The van der Waals surface area contributed by atoms with Gasteiger partial charge in [-0.05, 0) is 12.5 Å².